The van der Waals surface area contributed by atoms with E-state index in [0.717, 1.165) is 6.42 Å². The third-order valence-electron chi connectivity index (χ3n) is 3.76. The number of piperazine rings is 1. The number of amides is 3. The van der Waals surface area contributed by atoms with E-state index in [2.05, 4.69) is 5.32 Å². The van der Waals surface area contributed by atoms with Gasteiger partial charge >= 0.3 is 6.03 Å². The maximum Gasteiger partial charge on any atom is 0.317 e. The molecule has 1 saturated heterocycles. The Kier molecular flexibility index (Phi) is 6.06. The van der Waals surface area contributed by atoms with E-state index in [0.29, 0.717) is 38.3 Å². The number of urea groups is 1. The van der Waals surface area contributed by atoms with Gasteiger partial charge in [0.1, 0.15) is 0 Å². The maximum atomic E-state index is 12.4. The molecule has 2 rings (SSSR count). The zero-order chi connectivity index (χ0) is 17.7. The minimum atomic E-state index is -3.80. The van der Waals surface area contributed by atoms with Crippen LogP contribution < -0.4 is 5.32 Å². The Morgan fingerprint density at radius 1 is 1.08 bits per heavy atom. The molecule has 1 fully saturated rings. The molecule has 0 saturated carbocycles. The van der Waals surface area contributed by atoms with Crippen molar-refractivity contribution in [2.45, 2.75) is 18.2 Å². The van der Waals surface area contributed by atoms with E-state index in [1.165, 1.54) is 24.3 Å². The van der Waals surface area contributed by atoms with Gasteiger partial charge in [-0.1, -0.05) is 6.92 Å². The molecule has 0 unspecified atom stereocenters. The molecule has 0 aromatic heterocycles. The first kappa shape index (κ1) is 18.5. The topological polar surface area (TPSA) is 86.8 Å². The summed E-state index contributed by atoms with van der Waals surface area (Å²) in [5, 5.41) is 2.81. The van der Waals surface area contributed by atoms with Gasteiger partial charge < -0.3 is 15.1 Å². The lowest BCUT2D eigenvalue weighted by molar-refractivity contribution is 0.0665. The minimum absolute atomic E-state index is 0.0434. The Labute approximate surface area is 146 Å². The van der Waals surface area contributed by atoms with Crippen molar-refractivity contribution in [1.29, 1.82) is 0 Å². The second kappa shape index (κ2) is 7.85. The Hall–Kier alpha value is -1.80. The van der Waals surface area contributed by atoms with Crippen molar-refractivity contribution in [3.05, 3.63) is 29.8 Å². The molecule has 1 heterocycles. The van der Waals surface area contributed by atoms with Crippen LogP contribution in [-0.4, -0.2) is 62.9 Å². The Bertz CT molecular complexity index is 698. The molecule has 0 aliphatic carbocycles. The third kappa shape index (κ3) is 4.61. The van der Waals surface area contributed by atoms with Crippen molar-refractivity contribution in [3.8, 4) is 0 Å². The quantitative estimate of drug-likeness (QED) is 0.810. The molecule has 0 atom stereocenters. The number of halogens is 1. The molecule has 0 spiro atoms. The second-order valence-corrected chi connectivity index (χ2v) is 8.04. The summed E-state index contributed by atoms with van der Waals surface area (Å²) >= 11 is 0. The van der Waals surface area contributed by atoms with Crippen LogP contribution in [0.5, 0.6) is 0 Å². The van der Waals surface area contributed by atoms with Gasteiger partial charge in [-0.25, -0.2) is 13.2 Å². The van der Waals surface area contributed by atoms with Gasteiger partial charge in [-0.15, -0.1) is 0 Å². The Morgan fingerprint density at radius 2 is 1.62 bits per heavy atom. The molecule has 0 radical (unpaired) electrons. The second-order valence-electron chi connectivity index (χ2n) is 5.47. The van der Waals surface area contributed by atoms with Crippen molar-refractivity contribution in [3.63, 3.8) is 0 Å². The average molecular weight is 374 g/mol. The molecule has 24 heavy (non-hydrogen) atoms. The molecule has 1 aliphatic heterocycles. The van der Waals surface area contributed by atoms with Crippen LogP contribution in [0.4, 0.5) is 4.79 Å². The van der Waals surface area contributed by atoms with Crippen LogP contribution in [0.25, 0.3) is 0 Å². The first-order valence-corrected chi connectivity index (χ1v) is 10.0. The molecule has 7 nitrogen and oxygen atoms in total. The van der Waals surface area contributed by atoms with Gasteiger partial charge in [0, 0.05) is 49.0 Å². The van der Waals surface area contributed by atoms with Crippen molar-refractivity contribution in [2.24, 2.45) is 0 Å². The van der Waals surface area contributed by atoms with Gasteiger partial charge in [0.25, 0.3) is 15.0 Å². The average Bonchev–Trinajstić information content (AvgIpc) is 2.58. The highest BCUT2D eigenvalue weighted by Gasteiger charge is 2.24. The zero-order valence-corrected chi connectivity index (χ0v) is 14.9. The normalized spacial score (nSPS) is 15.2. The van der Waals surface area contributed by atoms with Crippen LogP contribution in [0.3, 0.4) is 0 Å². The molecule has 132 valence electrons. The number of rotatable bonds is 4. The molecule has 0 bridgehead atoms. The number of hydrogen-bond donors (Lipinski definition) is 1. The van der Waals surface area contributed by atoms with E-state index in [1.54, 1.807) is 9.80 Å². The SMILES string of the molecule is CCCNC(=O)N1CCN(C(=O)c2ccc(S(=O)(=O)Cl)cc2)CC1. The number of nitrogens with one attached hydrogen (secondary N) is 1. The fraction of sp³-hybridized carbons (Fsp3) is 0.467. The van der Waals surface area contributed by atoms with Crippen molar-refractivity contribution < 1.29 is 18.0 Å². The smallest absolute Gasteiger partial charge is 0.317 e. The van der Waals surface area contributed by atoms with Crippen LogP contribution in [0, 0.1) is 0 Å². The molecule has 3 amide bonds. The number of benzene rings is 1. The fourth-order valence-electron chi connectivity index (χ4n) is 2.40. The van der Waals surface area contributed by atoms with Crippen LogP contribution in [0.1, 0.15) is 23.7 Å². The van der Waals surface area contributed by atoms with Crippen LogP contribution >= 0.6 is 10.7 Å². The number of hydrogen-bond acceptors (Lipinski definition) is 4. The lowest BCUT2D eigenvalue weighted by Gasteiger charge is -2.34. The predicted octanol–water partition coefficient (Wildman–Crippen LogP) is 1.49. The van der Waals surface area contributed by atoms with Gasteiger partial charge in [-0.2, -0.15) is 0 Å². The van der Waals surface area contributed by atoms with Gasteiger partial charge in [-0.05, 0) is 30.7 Å². The summed E-state index contributed by atoms with van der Waals surface area (Å²) in [6.07, 6.45) is 0.873. The summed E-state index contributed by atoms with van der Waals surface area (Å²) < 4.78 is 22.4. The first-order chi connectivity index (χ1) is 11.3. The largest absolute Gasteiger partial charge is 0.338 e. The molecule has 1 N–H and O–H groups in total. The van der Waals surface area contributed by atoms with E-state index < -0.39 is 9.05 Å². The molecule has 1 aromatic rings. The summed E-state index contributed by atoms with van der Waals surface area (Å²) in [5.74, 6) is -0.192. The number of carbonyl (C=O) groups excluding carboxylic acids is 2. The molecular formula is C15H20ClN3O4S. The maximum absolute atomic E-state index is 12.4. The summed E-state index contributed by atoms with van der Waals surface area (Å²) in [4.78, 5) is 27.6. The van der Waals surface area contributed by atoms with Crippen molar-refractivity contribution in [2.75, 3.05) is 32.7 Å². The summed E-state index contributed by atoms with van der Waals surface area (Å²) in [6.45, 7) is 4.43. The van der Waals surface area contributed by atoms with Crippen LogP contribution in [0.15, 0.2) is 29.2 Å². The van der Waals surface area contributed by atoms with E-state index in [9.17, 15) is 18.0 Å². The summed E-state index contributed by atoms with van der Waals surface area (Å²) in [7, 11) is 1.46. The lowest BCUT2D eigenvalue weighted by atomic mass is 10.2. The van der Waals surface area contributed by atoms with Gasteiger partial charge in [0.15, 0.2) is 0 Å². The van der Waals surface area contributed by atoms with Crippen molar-refractivity contribution >= 4 is 31.7 Å². The molecule has 9 heteroatoms. The monoisotopic (exact) mass is 373 g/mol. The molecule has 1 aliphatic rings. The molecular weight excluding hydrogens is 354 g/mol. The summed E-state index contributed by atoms with van der Waals surface area (Å²) in [6, 6.07) is 5.39. The van der Waals surface area contributed by atoms with E-state index >= 15 is 0 Å². The van der Waals surface area contributed by atoms with Gasteiger partial charge in [0.05, 0.1) is 4.90 Å². The highest BCUT2D eigenvalue weighted by Crippen LogP contribution is 2.17. The zero-order valence-electron chi connectivity index (χ0n) is 13.4. The lowest BCUT2D eigenvalue weighted by Crippen LogP contribution is -2.53. The fourth-order valence-corrected chi connectivity index (χ4v) is 3.17. The number of carbonyl (C=O) groups is 2. The Morgan fingerprint density at radius 3 is 2.12 bits per heavy atom. The Balaban J connectivity index is 1.94. The van der Waals surface area contributed by atoms with Gasteiger partial charge in [-0.3, -0.25) is 4.79 Å². The highest BCUT2D eigenvalue weighted by molar-refractivity contribution is 8.13. The first-order valence-electron chi connectivity index (χ1n) is 7.69. The van der Waals surface area contributed by atoms with Gasteiger partial charge in [0.2, 0.25) is 0 Å². The van der Waals surface area contributed by atoms with E-state index in [1.807, 2.05) is 6.92 Å². The third-order valence-corrected chi connectivity index (χ3v) is 5.13. The number of nitrogens with zero attached hydrogens (tertiary/aromatic N) is 2. The van der Waals surface area contributed by atoms with E-state index in [-0.39, 0.29) is 16.8 Å². The van der Waals surface area contributed by atoms with Crippen molar-refractivity contribution in [1.82, 2.24) is 15.1 Å². The van der Waals surface area contributed by atoms with Crippen LogP contribution in [0.2, 0.25) is 0 Å². The van der Waals surface area contributed by atoms with Crippen LogP contribution in [-0.2, 0) is 9.05 Å². The molecule has 1 aromatic carbocycles. The van der Waals surface area contributed by atoms with E-state index in [4.69, 9.17) is 10.7 Å². The predicted molar refractivity (Wildman–Crippen MR) is 90.6 cm³/mol. The highest BCUT2D eigenvalue weighted by atomic mass is 35.7. The summed E-state index contributed by atoms with van der Waals surface area (Å²) in [5.41, 5.74) is 0.392. The minimum Gasteiger partial charge on any atom is -0.338 e. The standard InChI is InChI=1S/C15H20ClN3O4S/c1-2-7-17-15(21)19-10-8-18(9-11-19)14(20)12-3-5-13(6-4-12)24(16,22)23/h3-6H,2,7-11H2,1H3,(H,17,21).